The summed E-state index contributed by atoms with van der Waals surface area (Å²) in [5, 5.41) is 10.2. The monoisotopic (exact) mass is 330 g/mol. The van der Waals surface area contributed by atoms with Gasteiger partial charge in [0.1, 0.15) is 5.75 Å². The number of ether oxygens (including phenoxy) is 1. The Balaban J connectivity index is 1.80. The number of nitrogens with one attached hydrogen (secondary N) is 1. The van der Waals surface area contributed by atoms with E-state index in [-0.39, 0.29) is 18.4 Å². The van der Waals surface area contributed by atoms with E-state index in [1.807, 2.05) is 31.3 Å². The Morgan fingerprint density at radius 1 is 1.38 bits per heavy atom. The summed E-state index contributed by atoms with van der Waals surface area (Å²) < 4.78 is 5.25. The maximum atomic E-state index is 12.7. The number of hydrogen-bond donors (Lipinski definition) is 2. The first-order valence-electron chi connectivity index (χ1n) is 8.16. The summed E-state index contributed by atoms with van der Waals surface area (Å²) in [7, 11) is 1.61. The van der Waals surface area contributed by atoms with Crippen molar-refractivity contribution < 1.29 is 19.4 Å². The van der Waals surface area contributed by atoms with E-state index in [9.17, 15) is 14.7 Å². The van der Waals surface area contributed by atoms with Crippen LogP contribution in [0.25, 0.3) is 10.9 Å². The summed E-state index contributed by atoms with van der Waals surface area (Å²) in [5.41, 5.74) is 1.85. The molecule has 2 aromatic rings. The van der Waals surface area contributed by atoms with Crippen LogP contribution in [0, 0.1) is 5.92 Å². The predicted octanol–water partition coefficient (Wildman–Crippen LogP) is 2.43. The lowest BCUT2D eigenvalue weighted by atomic mass is 9.93. The van der Waals surface area contributed by atoms with Crippen LogP contribution in [-0.2, 0) is 16.0 Å². The number of carbonyl (C=O) groups excluding carboxylic acids is 1. The Kier molecular flexibility index (Phi) is 4.46. The molecule has 0 saturated carbocycles. The fourth-order valence-corrected chi connectivity index (χ4v) is 3.35. The number of H-pyrrole nitrogens is 1. The maximum Gasteiger partial charge on any atom is 0.308 e. The Morgan fingerprint density at radius 2 is 2.17 bits per heavy atom. The second-order valence-electron chi connectivity index (χ2n) is 6.41. The van der Waals surface area contributed by atoms with E-state index in [0.717, 1.165) is 28.6 Å². The zero-order valence-electron chi connectivity index (χ0n) is 13.9. The van der Waals surface area contributed by atoms with Crippen LogP contribution in [0.3, 0.4) is 0 Å². The molecule has 1 aliphatic heterocycles. The van der Waals surface area contributed by atoms with Crippen LogP contribution in [-0.4, -0.2) is 46.6 Å². The standard InChI is InChI=1S/C18H22N2O4/c1-11-3-4-12(18(22)23)10-20(11)17(21)7-13-9-19-16-6-5-14(24-2)8-15(13)16/h5-6,8-9,11-12,19H,3-4,7,10H2,1-2H3,(H,22,23). The summed E-state index contributed by atoms with van der Waals surface area (Å²) >= 11 is 0. The zero-order valence-corrected chi connectivity index (χ0v) is 13.9. The Labute approximate surface area is 140 Å². The van der Waals surface area contributed by atoms with Gasteiger partial charge in [0.2, 0.25) is 5.91 Å². The van der Waals surface area contributed by atoms with Gasteiger partial charge in [-0.3, -0.25) is 9.59 Å². The first-order chi connectivity index (χ1) is 11.5. The molecule has 128 valence electrons. The minimum absolute atomic E-state index is 0.0304. The number of methoxy groups -OCH3 is 1. The van der Waals surface area contributed by atoms with Gasteiger partial charge in [-0.1, -0.05) is 0 Å². The lowest BCUT2D eigenvalue weighted by Crippen LogP contribution is -2.47. The van der Waals surface area contributed by atoms with Crippen molar-refractivity contribution in [2.75, 3.05) is 13.7 Å². The third-order valence-electron chi connectivity index (χ3n) is 4.87. The van der Waals surface area contributed by atoms with Crippen molar-refractivity contribution in [1.82, 2.24) is 9.88 Å². The number of hydrogen-bond acceptors (Lipinski definition) is 3. The number of carbonyl (C=O) groups is 2. The van der Waals surface area contributed by atoms with Crippen molar-refractivity contribution in [2.24, 2.45) is 5.92 Å². The van der Waals surface area contributed by atoms with E-state index in [2.05, 4.69) is 4.98 Å². The smallest absolute Gasteiger partial charge is 0.308 e. The molecular formula is C18H22N2O4. The number of benzene rings is 1. The summed E-state index contributed by atoms with van der Waals surface area (Å²) in [6.45, 7) is 2.27. The van der Waals surface area contributed by atoms with Gasteiger partial charge >= 0.3 is 5.97 Å². The number of fused-ring (bicyclic) bond motifs is 1. The van der Waals surface area contributed by atoms with E-state index in [0.29, 0.717) is 13.0 Å². The third kappa shape index (κ3) is 3.09. The fourth-order valence-electron chi connectivity index (χ4n) is 3.35. The molecule has 24 heavy (non-hydrogen) atoms. The summed E-state index contributed by atoms with van der Waals surface area (Å²) in [5.74, 6) is -0.574. The fraction of sp³-hybridized carbons (Fsp3) is 0.444. The molecule has 0 radical (unpaired) electrons. The molecule has 2 unspecified atom stereocenters. The summed E-state index contributed by atoms with van der Waals surface area (Å²) in [6.07, 6.45) is 3.45. The lowest BCUT2D eigenvalue weighted by Gasteiger charge is -2.36. The average molecular weight is 330 g/mol. The Bertz CT molecular complexity index is 767. The molecule has 0 bridgehead atoms. The molecule has 2 heterocycles. The van der Waals surface area contributed by atoms with Gasteiger partial charge in [0.15, 0.2) is 0 Å². The topological polar surface area (TPSA) is 82.6 Å². The second-order valence-corrected chi connectivity index (χ2v) is 6.41. The van der Waals surface area contributed by atoms with Crippen LogP contribution < -0.4 is 4.74 Å². The molecule has 1 saturated heterocycles. The van der Waals surface area contributed by atoms with E-state index in [4.69, 9.17) is 4.74 Å². The second kappa shape index (κ2) is 6.55. The van der Waals surface area contributed by atoms with Crippen molar-refractivity contribution in [2.45, 2.75) is 32.2 Å². The molecule has 6 nitrogen and oxygen atoms in total. The van der Waals surface area contributed by atoms with Gasteiger partial charge < -0.3 is 19.7 Å². The number of aliphatic carboxylic acids is 1. The highest BCUT2D eigenvalue weighted by atomic mass is 16.5. The normalized spacial score (nSPS) is 21.0. The van der Waals surface area contributed by atoms with Gasteiger partial charge in [0.05, 0.1) is 19.4 Å². The first-order valence-corrected chi connectivity index (χ1v) is 8.16. The van der Waals surface area contributed by atoms with Crippen LogP contribution in [0.1, 0.15) is 25.3 Å². The molecular weight excluding hydrogens is 308 g/mol. The number of likely N-dealkylation sites (tertiary alicyclic amines) is 1. The van der Waals surface area contributed by atoms with Crippen LogP contribution >= 0.6 is 0 Å². The average Bonchev–Trinajstić information content (AvgIpc) is 2.97. The molecule has 2 atom stereocenters. The molecule has 1 aliphatic rings. The molecule has 0 spiro atoms. The van der Waals surface area contributed by atoms with Gasteiger partial charge in [-0.05, 0) is 43.5 Å². The van der Waals surface area contributed by atoms with E-state index in [1.54, 1.807) is 12.0 Å². The Hall–Kier alpha value is -2.50. The van der Waals surface area contributed by atoms with E-state index >= 15 is 0 Å². The zero-order chi connectivity index (χ0) is 17.3. The predicted molar refractivity (Wildman–Crippen MR) is 90.1 cm³/mol. The number of rotatable bonds is 4. The quantitative estimate of drug-likeness (QED) is 0.902. The lowest BCUT2D eigenvalue weighted by molar-refractivity contribution is -0.146. The van der Waals surface area contributed by atoms with E-state index in [1.165, 1.54) is 0 Å². The van der Waals surface area contributed by atoms with Gasteiger partial charge in [-0.2, -0.15) is 0 Å². The number of carboxylic acids is 1. The molecule has 3 rings (SSSR count). The minimum atomic E-state index is -0.823. The van der Waals surface area contributed by atoms with Gasteiger partial charge in [-0.15, -0.1) is 0 Å². The van der Waals surface area contributed by atoms with E-state index < -0.39 is 11.9 Å². The molecule has 1 amide bonds. The summed E-state index contributed by atoms with van der Waals surface area (Å²) in [4.78, 5) is 28.8. The van der Waals surface area contributed by atoms with Crippen LogP contribution in [0.15, 0.2) is 24.4 Å². The molecule has 6 heteroatoms. The number of aromatic nitrogens is 1. The number of piperidine rings is 1. The SMILES string of the molecule is COc1ccc2[nH]cc(CC(=O)N3CC(C(=O)O)CCC3C)c2c1. The maximum absolute atomic E-state index is 12.7. The highest BCUT2D eigenvalue weighted by molar-refractivity contribution is 5.90. The number of amides is 1. The number of aromatic amines is 1. The number of carboxylic acid groups (broad SMARTS) is 1. The van der Waals surface area contributed by atoms with Crippen LogP contribution in [0.4, 0.5) is 0 Å². The minimum Gasteiger partial charge on any atom is -0.497 e. The molecule has 2 N–H and O–H groups in total. The largest absolute Gasteiger partial charge is 0.497 e. The third-order valence-corrected chi connectivity index (χ3v) is 4.87. The molecule has 1 aromatic carbocycles. The van der Waals surface area contributed by atoms with Gasteiger partial charge in [-0.25, -0.2) is 0 Å². The van der Waals surface area contributed by atoms with Crippen molar-refractivity contribution in [3.8, 4) is 5.75 Å². The van der Waals surface area contributed by atoms with Crippen LogP contribution in [0.2, 0.25) is 0 Å². The van der Waals surface area contributed by atoms with Crippen molar-refractivity contribution >= 4 is 22.8 Å². The van der Waals surface area contributed by atoms with Crippen molar-refractivity contribution in [3.63, 3.8) is 0 Å². The van der Waals surface area contributed by atoms with Gasteiger partial charge in [0.25, 0.3) is 0 Å². The highest BCUT2D eigenvalue weighted by Crippen LogP contribution is 2.26. The number of nitrogens with zero attached hydrogens (tertiary/aromatic N) is 1. The highest BCUT2D eigenvalue weighted by Gasteiger charge is 2.32. The molecule has 1 fully saturated rings. The van der Waals surface area contributed by atoms with Gasteiger partial charge in [0, 0.05) is 29.7 Å². The van der Waals surface area contributed by atoms with Crippen molar-refractivity contribution in [1.29, 1.82) is 0 Å². The van der Waals surface area contributed by atoms with Crippen molar-refractivity contribution in [3.05, 3.63) is 30.0 Å². The molecule has 0 aliphatic carbocycles. The van der Waals surface area contributed by atoms with Crippen LogP contribution in [0.5, 0.6) is 5.75 Å². The Morgan fingerprint density at radius 3 is 2.88 bits per heavy atom. The molecule has 1 aromatic heterocycles. The first kappa shape index (κ1) is 16.4. The summed E-state index contributed by atoms with van der Waals surface area (Å²) in [6, 6.07) is 5.78.